The fourth-order valence-electron chi connectivity index (χ4n) is 0.994. The Bertz CT molecular complexity index is 293. The van der Waals surface area contributed by atoms with Crippen LogP contribution < -0.4 is 0 Å². The summed E-state index contributed by atoms with van der Waals surface area (Å²) < 4.78 is 1.11. The van der Waals surface area contributed by atoms with E-state index in [9.17, 15) is 0 Å². The molecule has 0 amide bonds. The molecule has 0 radical (unpaired) electrons. The topological polar surface area (TPSA) is 25.2 Å². The van der Waals surface area contributed by atoms with E-state index < -0.39 is 0 Å². The lowest BCUT2D eigenvalue weighted by molar-refractivity contribution is 1.08. The summed E-state index contributed by atoms with van der Waals surface area (Å²) in [4.78, 5) is 8.28. The standard InChI is InChI=1S/C7H5IN2/c8-7-6-1-2-9-3-5(6)4-10-7/h1-3H,4H2. The van der Waals surface area contributed by atoms with Crippen LogP contribution in [0.2, 0.25) is 0 Å². The summed E-state index contributed by atoms with van der Waals surface area (Å²) in [6.45, 7) is 0.807. The summed E-state index contributed by atoms with van der Waals surface area (Å²) in [6, 6.07) is 2.01. The SMILES string of the molecule is IC1=NCc2cnccc21. The third-order valence-corrected chi connectivity index (χ3v) is 2.44. The average Bonchev–Trinajstić information content (AvgIpc) is 2.34. The molecule has 3 heteroatoms. The molecular weight excluding hydrogens is 239 g/mol. The van der Waals surface area contributed by atoms with Crippen molar-refractivity contribution in [2.75, 3.05) is 0 Å². The quantitative estimate of drug-likeness (QED) is 0.638. The highest BCUT2D eigenvalue weighted by Crippen LogP contribution is 2.20. The fourth-order valence-corrected chi connectivity index (χ4v) is 1.69. The molecule has 0 unspecified atom stereocenters. The summed E-state index contributed by atoms with van der Waals surface area (Å²) in [5, 5.41) is 0. The Hall–Kier alpha value is -0.450. The second-order valence-corrected chi connectivity index (χ2v) is 3.16. The zero-order chi connectivity index (χ0) is 6.97. The van der Waals surface area contributed by atoms with Gasteiger partial charge in [0.15, 0.2) is 0 Å². The van der Waals surface area contributed by atoms with Crippen molar-refractivity contribution in [1.82, 2.24) is 4.98 Å². The van der Waals surface area contributed by atoms with Gasteiger partial charge in [0.2, 0.25) is 0 Å². The Labute approximate surface area is 72.5 Å². The van der Waals surface area contributed by atoms with Gasteiger partial charge >= 0.3 is 0 Å². The second-order valence-electron chi connectivity index (χ2n) is 2.14. The van der Waals surface area contributed by atoms with E-state index in [0.29, 0.717) is 0 Å². The van der Waals surface area contributed by atoms with Crippen molar-refractivity contribution in [1.29, 1.82) is 0 Å². The first-order chi connectivity index (χ1) is 4.88. The highest BCUT2D eigenvalue weighted by Gasteiger charge is 2.11. The normalized spacial score (nSPS) is 14.7. The number of hydrogen-bond donors (Lipinski definition) is 0. The van der Waals surface area contributed by atoms with Crippen molar-refractivity contribution in [3.05, 3.63) is 29.6 Å². The molecule has 0 spiro atoms. The molecule has 0 saturated heterocycles. The Balaban J connectivity index is 2.61. The van der Waals surface area contributed by atoms with Crippen LogP contribution in [0.5, 0.6) is 0 Å². The van der Waals surface area contributed by atoms with Gasteiger partial charge in [-0.05, 0) is 28.7 Å². The zero-order valence-corrected chi connectivity index (χ0v) is 7.37. The third-order valence-electron chi connectivity index (χ3n) is 1.51. The van der Waals surface area contributed by atoms with Crippen molar-refractivity contribution >= 4 is 26.3 Å². The van der Waals surface area contributed by atoms with Crippen LogP contribution in [0, 0.1) is 0 Å². The minimum absolute atomic E-state index is 0.807. The molecule has 1 aromatic heterocycles. The Morgan fingerprint density at radius 1 is 1.50 bits per heavy atom. The lowest BCUT2D eigenvalue weighted by Crippen LogP contribution is -1.87. The van der Waals surface area contributed by atoms with E-state index in [0.717, 1.165) is 10.3 Å². The Kier molecular flexibility index (Phi) is 1.44. The maximum atomic E-state index is 4.27. The van der Waals surface area contributed by atoms with Gasteiger partial charge in [-0.25, -0.2) is 0 Å². The van der Waals surface area contributed by atoms with Crippen LogP contribution in [-0.2, 0) is 6.54 Å². The first kappa shape index (κ1) is 6.27. The molecule has 0 aromatic carbocycles. The van der Waals surface area contributed by atoms with Gasteiger partial charge in [-0.2, -0.15) is 0 Å². The molecule has 1 aliphatic rings. The van der Waals surface area contributed by atoms with Crippen molar-refractivity contribution in [3.63, 3.8) is 0 Å². The molecule has 0 saturated carbocycles. The molecule has 2 rings (SSSR count). The van der Waals surface area contributed by atoms with Gasteiger partial charge in [0.25, 0.3) is 0 Å². The maximum absolute atomic E-state index is 4.27. The van der Waals surface area contributed by atoms with E-state index in [2.05, 4.69) is 32.6 Å². The summed E-state index contributed by atoms with van der Waals surface area (Å²) in [5.41, 5.74) is 2.49. The van der Waals surface area contributed by atoms with Crippen LogP contribution in [0.4, 0.5) is 0 Å². The predicted octanol–water partition coefficient (Wildman–Crippen LogP) is 1.78. The van der Waals surface area contributed by atoms with E-state index in [1.54, 1.807) is 6.20 Å². The fraction of sp³-hybridized carbons (Fsp3) is 0.143. The number of aromatic nitrogens is 1. The van der Waals surface area contributed by atoms with Crippen LogP contribution >= 0.6 is 22.6 Å². The molecule has 0 aliphatic carbocycles. The number of pyridine rings is 1. The smallest absolute Gasteiger partial charge is 0.103 e. The van der Waals surface area contributed by atoms with Gasteiger partial charge < -0.3 is 0 Å². The number of aliphatic imine (C=N–C) groups is 1. The highest BCUT2D eigenvalue weighted by atomic mass is 127. The first-order valence-electron chi connectivity index (χ1n) is 3.01. The van der Waals surface area contributed by atoms with E-state index in [1.165, 1.54) is 11.1 Å². The number of fused-ring (bicyclic) bond motifs is 1. The summed E-state index contributed by atoms with van der Waals surface area (Å²) in [6.07, 6.45) is 3.68. The van der Waals surface area contributed by atoms with Gasteiger partial charge in [-0.15, -0.1) is 0 Å². The monoisotopic (exact) mass is 244 g/mol. The molecule has 0 N–H and O–H groups in total. The van der Waals surface area contributed by atoms with E-state index in [1.807, 2.05) is 12.3 Å². The number of nitrogens with zero attached hydrogens (tertiary/aromatic N) is 2. The minimum atomic E-state index is 0.807. The number of rotatable bonds is 0. The van der Waals surface area contributed by atoms with E-state index in [-0.39, 0.29) is 0 Å². The average molecular weight is 244 g/mol. The Morgan fingerprint density at radius 3 is 3.20 bits per heavy atom. The van der Waals surface area contributed by atoms with Crippen LogP contribution in [0.3, 0.4) is 0 Å². The maximum Gasteiger partial charge on any atom is 0.103 e. The minimum Gasteiger partial charge on any atom is -0.273 e. The van der Waals surface area contributed by atoms with Crippen LogP contribution in [-0.4, -0.2) is 8.70 Å². The van der Waals surface area contributed by atoms with Gasteiger partial charge in [-0.1, -0.05) is 0 Å². The second kappa shape index (κ2) is 2.30. The third kappa shape index (κ3) is 0.847. The van der Waals surface area contributed by atoms with Crippen molar-refractivity contribution < 1.29 is 0 Å². The van der Waals surface area contributed by atoms with Crippen LogP contribution in [0.1, 0.15) is 11.1 Å². The van der Waals surface area contributed by atoms with Gasteiger partial charge in [0.1, 0.15) is 3.72 Å². The van der Waals surface area contributed by atoms with Crippen molar-refractivity contribution in [3.8, 4) is 0 Å². The van der Waals surface area contributed by atoms with Crippen LogP contribution in [0.15, 0.2) is 23.5 Å². The molecule has 1 aromatic rings. The van der Waals surface area contributed by atoms with E-state index >= 15 is 0 Å². The predicted molar refractivity (Wildman–Crippen MR) is 48.5 cm³/mol. The largest absolute Gasteiger partial charge is 0.273 e. The summed E-state index contributed by atoms with van der Waals surface area (Å²) in [5.74, 6) is 0. The molecule has 0 atom stereocenters. The molecule has 0 fully saturated rings. The molecule has 2 nitrogen and oxygen atoms in total. The number of hydrogen-bond acceptors (Lipinski definition) is 2. The molecule has 1 aliphatic heterocycles. The molecule has 50 valence electrons. The summed E-state index contributed by atoms with van der Waals surface area (Å²) >= 11 is 2.25. The summed E-state index contributed by atoms with van der Waals surface area (Å²) in [7, 11) is 0. The first-order valence-corrected chi connectivity index (χ1v) is 4.09. The lowest BCUT2D eigenvalue weighted by Gasteiger charge is -1.93. The molecule has 0 bridgehead atoms. The van der Waals surface area contributed by atoms with Crippen LogP contribution in [0.25, 0.3) is 0 Å². The van der Waals surface area contributed by atoms with Gasteiger partial charge in [-0.3, -0.25) is 9.98 Å². The molecular formula is C7H5IN2. The molecule has 2 heterocycles. The van der Waals surface area contributed by atoms with Gasteiger partial charge in [0.05, 0.1) is 6.54 Å². The zero-order valence-electron chi connectivity index (χ0n) is 5.21. The van der Waals surface area contributed by atoms with E-state index in [4.69, 9.17) is 0 Å². The van der Waals surface area contributed by atoms with Crippen molar-refractivity contribution in [2.24, 2.45) is 4.99 Å². The van der Waals surface area contributed by atoms with Crippen molar-refractivity contribution in [2.45, 2.75) is 6.54 Å². The Morgan fingerprint density at radius 2 is 2.40 bits per heavy atom. The highest BCUT2D eigenvalue weighted by molar-refractivity contribution is 14.1. The molecule has 10 heavy (non-hydrogen) atoms. The lowest BCUT2D eigenvalue weighted by atomic mass is 10.2. The van der Waals surface area contributed by atoms with Gasteiger partial charge in [0, 0.05) is 23.5 Å². The number of halogens is 1.